The molecule has 4 heteroatoms. The lowest BCUT2D eigenvalue weighted by atomic mass is 10.5. The van der Waals surface area contributed by atoms with E-state index in [4.69, 9.17) is 0 Å². The molecule has 0 fully saturated rings. The summed E-state index contributed by atoms with van der Waals surface area (Å²) in [4.78, 5) is 14.3. The van der Waals surface area contributed by atoms with E-state index >= 15 is 0 Å². The third-order valence-corrected chi connectivity index (χ3v) is 1.36. The van der Waals surface area contributed by atoms with Crippen molar-refractivity contribution in [3.05, 3.63) is 18.7 Å². The van der Waals surface area contributed by atoms with E-state index in [-0.39, 0.29) is 0 Å². The van der Waals surface area contributed by atoms with Crippen molar-refractivity contribution >= 4 is 6.41 Å². The molecule has 0 aliphatic heterocycles. The smallest absolute Gasteiger partial charge is 0.228 e. The number of imidazole rings is 1. The summed E-state index contributed by atoms with van der Waals surface area (Å²) in [6.07, 6.45) is 6.72. The number of amides is 1. The molecule has 0 atom stereocenters. The maximum Gasteiger partial charge on any atom is 0.228 e. The van der Waals surface area contributed by atoms with Crippen LogP contribution in [0.15, 0.2) is 18.7 Å². The van der Waals surface area contributed by atoms with E-state index in [9.17, 15) is 4.79 Å². The topological polar surface area (TPSA) is 38.1 Å². The summed E-state index contributed by atoms with van der Waals surface area (Å²) < 4.78 is 1.66. The lowest BCUT2D eigenvalue weighted by molar-refractivity contribution is -0.108. The van der Waals surface area contributed by atoms with E-state index in [1.54, 1.807) is 28.4 Å². The fraction of sp³-hybridized carbons (Fsp3) is 0.429. The summed E-state index contributed by atoms with van der Waals surface area (Å²) in [5.41, 5.74) is 0. The molecule has 0 spiro atoms. The predicted molar refractivity (Wildman–Crippen MR) is 41.7 cm³/mol. The summed E-state index contributed by atoms with van der Waals surface area (Å²) >= 11 is 0. The fourth-order valence-electron chi connectivity index (χ4n) is 0.856. The first-order chi connectivity index (χ1) is 5.38. The van der Waals surface area contributed by atoms with Crippen LogP contribution in [-0.2, 0) is 4.79 Å². The summed E-state index contributed by atoms with van der Waals surface area (Å²) in [6.45, 7) is 2.74. The summed E-state index contributed by atoms with van der Waals surface area (Å²) in [5, 5.41) is 1.56. The number of carbonyl (C=O) groups is 1. The molecule has 0 aliphatic carbocycles. The lowest BCUT2D eigenvalue weighted by Gasteiger charge is -2.16. The fourth-order valence-corrected chi connectivity index (χ4v) is 0.856. The van der Waals surface area contributed by atoms with Gasteiger partial charge in [-0.1, -0.05) is 6.92 Å². The molecular weight excluding hydrogens is 142 g/mol. The molecule has 4 nitrogen and oxygen atoms in total. The van der Waals surface area contributed by atoms with E-state index in [0.29, 0.717) is 0 Å². The number of nitrogens with zero attached hydrogens (tertiary/aromatic N) is 3. The van der Waals surface area contributed by atoms with Crippen LogP contribution in [0.25, 0.3) is 0 Å². The first kappa shape index (κ1) is 7.78. The Morgan fingerprint density at radius 1 is 1.73 bits per heavy atom. The zero-order chi connectivity index (χ0) is 8.10. The lowest BCUT2D eigenvalue weighted by Crippen LogP contribution is -2.32. The van der Waals surface area contributed by atoms with E-state index in [0.717, 1.165) is 19.4 Å². The van der Waals surface area contributed by atoms with Crippen LogP contribution in [0.5, 0.6) is 0 Å². The van der Waals surface area contributed by atoms with Crippen LogP contribution in [-0.4, -0.2) is 22.6 Å². The van der Waals surface area contributed by atoms with Gasteiger partial charge in [0, 0.05) is 18.9 Å². The van der Waals surface area contributed by atoms with Crippen molar-refractivity contribution in [2.75, 3.05) is 11.6 Å². The van der Waals surface area contributed by atoms with Gasteiger partial charge in [-0.15, -0.1) is 0 Å². The van der Waals surface area contributed by atoms with Gasteiger partial charge >= 0.3 is 0 Å². The first-order valence-electron chi connectivity index (χ1n) is 3.58. The molecule has 11 heavy (non-hydrogen) atoms. The van der Waals surface area contributed by atoms with Crippen LogP contribution < -0.4 is 5.01 Å². The van der Waals surface area contributed by atoms with E-state index in [2.05, 4.69) is 4.98 Å². The first-order valence-corrected chi connectivity index (χ1v) is 3.58. The summed E-state index contributed by atoms with van der Waals surface area (Å²) in [5.74, 6) is 0. The molecule has 0 N–H and O–H groups in total. The number of carbonyl (C=O) groups excluding carboxylic acids is 1. The van der Waals surface area contributed by atoms with Gasteiger partial charge in [0.05, 0.1) is 0 Å². The number of hydrogen-bond donors (Lipinski definition) is 0. The SMILES string of the molecule is CCCN(C=O)n1ccnc1. The van der Waals surface area contributed by atoms with Crippen LogP contribution in [0.1, 0.15) is 13.3 Å². The average Bonchev–Trinajstić information content (AvgIpc) is 2.52. The molecule has 1 aromatic rings. The molecule has 0 saturated heterocycles. The molecule has 1 heterocycles. The van der Waals surface area contributed by atoms with Crippen LogP contribution in [0.3, 0.4) is 0 Å². The van der Waals surface area contributed by atoms with E-state index < -0.39 is 0 Å². The van der Waals surface area contributed by atoms with Gasteiger partial charge in [-0.05, 0) is 6.42 Å². The largest absolute Gasteiger partial charge is 0.277 e. The zero-order valence-electron chi connectivity index (χ0n) is 6.47. The minimum Gasteiger partial charge on any atom is -0.277 e. The molecule has 1 aromatic heterocycles. The van der Waals surface area contributed by atoms with Crippen LogP contribution >= 0.6 is 0 Å². The summed E-state index contributed by atoms with van der Waals surface area (Å²) in [7, 11) is 0. The van der Waals surface area contributed by atoms with E-state index in [1.807, 2.05) is 6.92 Å². The quantitative estimate of drug-likeness (QED) is 0.587. The highest BCUT2D eigenvalue weighted by Gasteiger charge is 1.99. The molecule has 0 aromatic carbocycles. The molecule has 0 radical (unpaired) electrons. The highest BCUT2D eigenvalue weighted by molar-refractivity contribution is 5.60. The number of hydrogen-bond acceptors (Lipinski definition) is 2. The molecule has 0 aliphatic rings. The Hall–Kier alpha value is -1.32. The van der Waals surface area contributed by atoms with Crippen molar-refractivity contribution in [2.24, 2.45) is 0 Å². The Kier molecular flexibility index (Phi) is 2.66. The van der Waals surface area contributed by atoms with Crippen molar-refractivity contribution in [3.8, 4) is 0 Å². The number of aromatic nitrogens is 2. The second kappa shape index (κ2) is 3.75. The van der Waals surface area contributed by atoms with Crippen LogP contribution in [0, 0.1) is 0 Å². The Bertz CT molecular complexity index is 207. The monoisotopic (exact) mass is 153 g/mol. The third-order valence-electron chi connectivity index (χ3n) is 1.36. The predicted octanol–water partition coefficient (Wildman–Crippen LogP) is 0.387. The Balaban J connectivity index is 2.63. The zero-order valence-corrected chi connectivity index (χ0v) is 6.47. The van der Waals surface area contributed by atoms with Gasteiger partial charge in [0.2, 0.25) is 6.41 Å². The van der Waals surface area contributed by atoms with Crippen LogP contribution in [0.4, 0.5) is 0 Å². The highest BCUT2D eigenvalue weighted by atomic mass is 16.1. The normalized spacial score (nSPS) is 9.55. The molecule has 0 saturated carbocycles. The van der Waals surface area contributed by atoms with E-state index in [1.165, 1.54) is 0 Å². The van der Waals surface area contributed by atoms with Crippen molar-refractivity contribution < 1.29 is 4.79 Å². The average molecular weight is 153 g/mol. The second-order valence-corrected chi connectivity index (χ2v) is 2.21. The standard InChI is InChI=1S/C7H11N3O/c1-2-4-10(7-11)9-5-3-8-6-9/h3,5-7H,2,4H2,1H3. The minimum absolute atomic E-state index is 0.722. The minimum atomic E-state index is 0.722. The van der Waals surface area contributed by atoms with Gasteiger partial charge in [-0.3, -0.25) is 9.80 Å². The molecule has 60 valence electrons. The van der Waals surface area contributed by atoms with Gasteiger partial charge in [0.1, 0.15) is 6.33 Å². The molecule has 1 amide bonds. The van der Waals surface area contributed by atoms with Crippen LogP contribution in [0.2, 0.25) is 0 Å². The Morgan fingerprint density at radius 2 is 2.55 bits per heavy atom. The van der Waals surface area contributed by atoms with Gasteiger partial charge < -0.3 is 0 Å². The second-order valence-electron chi connectivity index (χ2n) is 2.21. The highest BCUT2D eigenvalue weighted by Crippen LogP contribution is 1.89. The molecular formula is C7H11N3O. The van der Waals surface area contributed by atoms with Gasteiger partial charge in [-0.2, -0.15) is 0 Å². The molecule has 0 bridgehead atoms. The van der Waals surface area contributed by atoms with Gasteiger partial charge in [0.25, 0.3) is 0 Å². The third kappa shape index (κ3) is 1.80. The maximum atomic E-state index is 10.5. The Labute approximate surface area is 65.4 Å². The number of rotatable bonds is 4. The van der Waals surface area contributed by atoms with Gasteiger partial charge in [-0.25, -0.2) is 9.66 Å². The summed E-state index contributed by atoms with van der Waals surface area (Å²) in [6, 6.07) is 0. The van der Waals surface area contributed by atoms with Crippen molar-refractivity contribution in [1.29, 1.82) is 0 Å². The molecule has 0 unspecified atom stereocenters. The van der Waals surface area contributed by atoms with Crippen molar-refractivity contribution in [3.63, 3.8) is 0 Å². The van der Waals surface area contributed by atoms with Crippen molar-refractivity contribution in [2.45, 2.75) is 13.3 Å². The maximum absolute atomic E-state index is 10.5. The molecule has 1 rings (SSSR count). The van der Waals surface area contributed by atoms with Gasteiger partial charge in [0.15, 0.2) is 0 Å². The Morgan fingerprint density at radius 3 is 3.00 bits per heavy atom. The van der Waals surface area contributed by atoms with Crippen molar-refractivity contribution in [1.82, 2.24) is 9.66 Å².